The van der Waals surface area contributed by atoms with Gasteiger partial charge < -0.3 is 18.9 Å². The molecule has 1 fully saturated rings. The summed E-state index contributed by atoms with van der Waals surface area (Å²) in [7, 11) is 1.21. The van der Waals surface area contributed by atoms with Gasteiger partial charge in [0, 0.05) is 6.04 Å². The number of hydrogen-bond acceptors (Lipinski definition) is 8. The highest BCUT2D eigenvalue weighted by atomic mass is 16.6. The van der Waals surface area contributed by atoms with Gasteiger partial charge in [-0.1, -0.05) is 66.7 Å². The zero-order chi connectivity index (χ0) is 29.8. The SMILES string of the molecule is COC(=O)/C(=C/CC[C@H]1CC[C@@H](C(=O)OC(C)(C)C)N1C(=O)OCc1ccccc1)NC(=O)OCc1ccccc1. The maximum Gasteiger partial charge on any atom is 0.412 e. The molecule has 41 heavy (non-hydrogen) atoms. The van der Waals surface area contributed by atoms with E-state index in [1.807, 2.05) is 60.7 Å². The Morgan fingerprint density at radius 3 is 2.05 bits per heavy atom. The number of carbonyl (C=O) groups is 4. The molecule has 10 nitrogen and oxygen atoms in total. The molecule has 10 heteroatoms. The third kappa shape index (κ3) is 9.97. The second-order valence-corrected chi connectivity index (χ2v) is 10.6. The van der Waals surface area contributed by atoms with Crippen LogP contribution in [0.5, 0.6) is 0 Å². The van der Waals surface area contributed by atoms with Gasteiger partial charge in [0.15, 0.2) is 0 Å². The summed E-state index contributed by atoms with van der Waals surface area (Å²) < 4.78 is 21.2. The van der Waals surface area contributed by atoms with E-state index in [0.29, 0.717) is 25.7 Å². The maximum atomic E-state index is 13.2. The summed E-state index contributed by atoms with van der Waals surface area (Å²) in [5, 5.41) is 2.43. The third-order valence-corrected chi connectivity index (χ3v) is 6.30. The van der Waals surface area contributed by atoms with Gasteiger partial charge in [-0.2, -0.15) is 0 Å². The Balaban J connectivity index is 1.66. The molecule has 2 aromatic rings. The Morgan fingerprint density at radius 2 is 1.49 bits per heavy atom. The molecule has 0 bridgehead atoms. The van der Waals surface area contributed by atoms with Gasteiger partial charge in [0.25, 0.3) is 0 Å². The molecule has 1 N–H and O–H groups in total. The van der Waals surface area contributed by atoms with Crippen LogP contribution in [-0.2, 0) is 41.8 Å². The van der Waals surface area contributed by atoms with E-state index in [1.165, 1.54) is 18.1 Å². The smallest absolute Gasteiger partial charge is 0.412 e. The molecular weight excluding hydrogens is 528 g/mol. The maximum absolute atomic E-state index is 13.2. The lowest BCUT2D eigenvalue weighted by Gasteiger charge is -2.30. The van der Waals surface area contributed by atoms with Gasteiger partial charge in [0.05, 0.1) is 7.11 Å². The number of benzene rings is 2. The van der Waals surface area contributed by atoms with E-state index >= 15 is 0 Å². The van der Waals surface area contributed by atoms with Crippen molar-refractivity contribution in [3.63, 3.8) is 0 Å². The van der Waals surface area contributed by atoms with E-state index in [0.717, 1.165) is 11.1 Å². The van der Waals surface area contributed by atoms with Gasteiger partial charge in [-0.3, -0.25) is 10.2 Å². The van der Waals surface area contributed by atoms with Gasteiger partial charge in [-0.15, -0.1) is 0 Å². The van der Waals surface area contributed by atoms with Gasteiger partial charge in [0.1, 0.15) is 30.6 Å². The van der Waals surface area contributed by atoms with Gasteiger partial charge in [-0.25, -0.2) is 19.2 Å². The fourth-order valence-corrected chi connectivity index (χ4v) is 4.42. The summed E-state index contributed by atoms with van der Waals surface area (Å²) in [4.78, 5) is 52.3. The van der Waals surface area contributed by atoms with Gasteiger partial charge in [-0.05, 0) is 57.6 Å². The number of amides is 2. The van der Waals surface area contributed by atoms with Gasteiger partial charge >= 0.3 is 24.1 Å². The van der Waals surface area contributed by atoms with Crippen molar-refractivity contribution in [1.29, 1.82) is 0 Å². The number of alkyl carbamates (subject to hydrolysis) is 1. The Bertz CT molecular complexity index is 1210. The largest absolute Gasteiger partial charge is 0.464 e. The van der Waals surface area contributed by atoms with Gasteiger partial charge in [0.2, 0.25) is 0 Å². The van der Waals surface area contributed by atoms with Crippen LogP contribution in [0, 0.1) is 0 Å². The number of likely N-dealkylation sites (tertiary alicyclic amines) is 1. The van der Waals surface area contributed by atoms with Crippen LogP contribution in [0.4, 0.5) is 9.59 Å². The first kappa shape index (κ1) is 31.2. The Kier molecular flexibility index (Phi) is 11.3. The van der Waals surface area contributed by atoms with Crippen molar-refractivity contribution in [1.82, 2.24) is 10.2 Å². The van der Waals surface area contributed by atoms with Crippen LogP contribution in [0.25, 0.3) is 0 Å². The minimum Gasteiger partial charge on any atom is -0.464 e. The zero-order valence-corrected chi connectivity index (χ0v) is 24.0. The lowest BCUT2D eigenvalue weighted by molar-refractivity contribution is -0.160. The zero-order valence-electron chi connectivity index (χ0n) is 24.0. The van der Waals surface area contributed by atoms with Crippen LogP contribution >= 0.6 is 0 Å². The first-order chi connectivity index (χ1) is 19.6. The molecule has 0 unspecified atom stereocenters. The Labute approximate surface area is 240 Å². The van der Waals surface area contributed by atoms with E-state index < -0.39 is 35.8 Å². The molecular formula is C31H38N2O8. The molecule has 1 aliphatic heterocycles. The highest BCUT2D eigenvalue weighted by Crippen LogP contribution is 2.30. The molecule has 0 aliphatic carbocycles. The average Bonchev–Trinajstić information content (AvgIpc) is 3.38. The first-order valence-corrected chi connectivity index (χ1v) is 13.6. The molecule has 0 aromatic heterocycles. The van der Waals surface area contributed by atoms with Crippen molar-refractivity contribution >= 4 is 24.1 Å². The predicted molar refractivity (Wildman–Crippen MR) is 150 cm³/mol. The predicted octanol–water partition coefficient (Wildman–Crippen LogP) is 5.26. The van der Waals surface area contributed by atoms with E-state index in [1.54, 1.807) is 20.8 Å². The van der Waals surface area contributed by atoms with Crippen LogP contribution in [-0.4, -0.2) is 53.8 Å². The number of rotatable bonds is 10. The highest BCUT2D eigenvalue weighted by molar-refractivity contribution is 5.92. The summed E-state index contributed by atoms with van der Waals surface area (Å²) >= 11 is 0. The number of ether oxygens (including phenoxy) is 4. The van der Waals surface area contributed by atoms with Crippen molar-refractivity contribution in [2.75, 3.05) is 7.11 Å². The molecule has 2 amide bonds. The number of nitrogens with zero attached hydrogens (tertiary/aromatic N) is 1. The van der Waals surface area contributed by atoms with Crippen LogP contribution in [0.15, 0.2) is 72.4 Å². The van der Waals surface area contributed by atoms with Crippen LogP contribution in [0.2, 0.25) is 0 Å². The van der Waals surface area contributed by atoms with Crippen LogP contribution < -0.4 is 5.32 Å². The van der Waals surface area contributed by atoms with Crippen molar-refractivity contribution in [3.05, 3.63) is 83.6 Å². The minimum absolute atomic E-state index is 0.0370. The second-order valence-electron chi connectivity index (χ2n) is 10.6. The van der Waals surface area contributed by atoms with Crippen molar-refractivity contribution in [2.45, 2.75) is 77.4 Å². The molecule has 0 radical (unpaired) electrons. The first-order valence-electron chi connectivity index (χ1n) is 13.6. The highest BCUT2D eigenvalue weighted by Gasteiger charge is 2.43. The lowest BCUT2D eigenvalue weighted by atomic mass is 10.1. The minimum atomic E-state index is -0.803. The Hall–Kier alpha value is -4.34. The van der Waals surface area contributed by atoms with Crippen LogP contribution in [0.3, 0.4) is 0 Å². The summed E-state index contributed by atoms with van der Waals surface area (Å²) in [6.45, 7) is 5.41. The monoisotopic (exact) mass is 566 g/mol. The average molecular weight is 567 g/mol. The van der Waals surface area contributed by atoms with E-state index in [-0.39, 0.29) is 25.0 Å². The molecule has 3 rings (SSSR count). The number of nitrogens with one attached hydrogen (secondary N) is 1. The second kappa shape index (κ2) is 14.9. The third-order valence-electron chi connectivity index (χ3n) is 6.30. The summed E-state index contributed by atoms with van der Waals surface area (Å²) in [5.74, 6) is -1.23. The normalized spacial score (nSPS) is 17.0. The van der Waals surface area contributed by atoms with Crippen molar-refractivity contribution < 1.29 is 38.1 Å². The number of esters is 2. The number of methoxy groups -OCH3 is 1. The van der Waals surface area contributed by atoms with E-state index in [9.17, 15) is 19.2 Å². The number of allylic oxidation sites excluding steroid dienone is 1. The van der Waals surface area contributed by atoms with Crippen molar-refractivity contribution in [3.8, 4) is 0 Å². The molecule has 2 atom stereocenters. The number of hydrogen-bond donors (Lipinski definition) is 1. The molecule has 220 valence electrons. The van der Waals surface area contributed by atoms with E-state index in [2.05, 4.69) is 5.32 Å². The molecule has 1 heterocycles. The summed E-state index contributed by atoms with van der Waals surface area (Å²) in [6.07, 6.45) is 1.76. The van der Waals surface area contributed by atoms with Crippen LogP contribution in [0.1, 0.15) is 57.6 Å². The molecule has 1 saturated heterocycles. The molecule has 0 saturated carbocycles. The quantitative estimate of drug-likeness (QED) is 0.235. The standard InChI is InChI=1S/C31H38N2O8/c1-31(2,3)41-28(35)26-19-18-24(33(26)30(37)40-21-23-14-9-6-10-15-23)16-11-17-25(27(34)38-4)32-29(36)39-20-22-12-7-5-8-13-22/h5-10,12-15,17,24,26H,11,16,18-21H2,1-4H3,(H,32,36)/b25-17-/t24-,26-/m0/s1. The molecule has 2 aromatic carbocycles. The number of carbonyl (C=O) groups excluding carboxylic acids is 4. The fourth-order valence-electron chi connectivity index (χ4n) is 4.42. The summed E-state index contributed by atoms with van der Waals surface area (Å²) in [5.41, 5.74) is 0.825. The molecule has 0 spiro atoms. The Morgan fingerprint density at radius 1 is 0.902 bits per heavy atom. The summed E-state index contributed by atoms with van der Waals surface area (Å²) in [6, 6.07) is 17.2. The van der Waals surface area contributed by atoms with Crippen molar-refractivity contribution in [2.24, 2.45) is 0 Å². The fraction of sp³-hybridized carbons (Fsp3) is 0.419. The lowest BCUT2D eigenvalue weighted by Crippen LogP contribution is -2.47. The topological polar surface area (TPSA) is 120 Å². The molecule has 1 aliphatic rings. The van der Waals surface area contributed by atoms with E-state index in [4.69, 9.17) is 18.9 Å².